The fourth-order valence-corrected chi connectivity index (χ4v) is 3.35. The number of carbonyl (C=O) groups is 1. The Morgan fingerprint density at radius 3 is 2.76 bits per heavy atom. The number of amides is 1. The maximum atomic E-state index is 12.6. The predicted octanol–water partition coefficient (Wildman–Crippen LogP) is 2.71. The minimum absolute atomic E-state index is 0.0677. The zero-order valence-corrected chi connectivity index (χ0v) is 15.0. The van der Waals surface area contributed by atoms with E-state index < -0.39 is 0 Å². The van der Waals surface area contributed by atoms with Gasteiger partial charge in [0.2, 0.25) is 11.9 Å². The highest BCUT2D eigenvalue weighted by Crippen LogP contribution is 2.35. The molecule has 132 valence electrons. The van der Waals surface area contributed by atoms with E-state index in [0.29, 0.717) is 5.95 Å². The van der Waals surface area contributed by atoms with Crippen molar-refractivity contribution in [1.29, 1.82) is 0 Å². The third-order valence-electron chi connectivity index (χ3n) is 4.74. The van der Waals surface area contributed by atoms with Gasteiger partial charge in [-0.2, -0.15) is 0 Å². The summed E-state index contributed by atoms with van der Waals surface area (Å²) in [5.41, 5.74) is 2.44. The van der Waals surface area contributed by atoms with Crippen molar-refractivity contribution < 1.29 is 4.79 Å². The number of hydrogen-bond donors (Lipinski definition) is 1. The van der Waals surface area contributed by atoms with Gasteiger partial charge in [-0.25, -0.2) is 9.97 Å². The minimum Gasteiger partial charge on any atom is -0.378 e. The molecule has 2 atom stereocenters. The van der Waals surface area contributed by atoms with E-state index in [-0.39, 0.29) is 18.0 Å². The average Bonchev–Trinajstić information content (AvgIpc) is 3.11. The van der Waals surface area contributed by atoms with Crippen molar-refractivity contribution in [2.45, 2.75) is 31.8 Å². The van der Waals surface area contributed by atoms with Crippen LogP contribution < -0.4 is 10.2 Å². The van der Waals surface area contributed by atoms with Gasteiger partial charge < -0.3 is 4.90 Å². The summed E-state index contributed by atoms with van der Waals surface area (Å²) >= 11 is 0. The summed E-state index contributed by atoms with van der Waals surface area (Å²) < 4.78 is 0. The third kappa shape index (κ3) is 3.96. The lowest BCUT2D eigenvalue weighted by atomic mass is 10.0. The van der Waals surface area contributed by atoms with Crippen molar-refractivity contribution in [3.05, 3.63) is 48.3 Å². The van der Waals surface area contributed by atoms with Crippen molar-refractivity contribution in [2.75, 3.05) is 30.9 Å². The predicted molar refractivity (Wildman–Crippen MR) is 99.6 cm³/mol. The zero-order chi connectivity index (χ0) is 17.8. The van der Waals surface area contributed by atoms with Crippen molar-refractivity contribution >= 4 is 17.5 Å². The summed E-state index contributed by atoms with van der Waals surface area (Å²) in [6.45, 7) is 2.87. The van der Waals surface area contributed by atoms with E-state index in [9.17, 15) is 4.79 Å². The molecule has 3 rings (SSSR count). The van der Waals surface area contributed by atoms with Crippen molar-refractivity contribution in [3.8, 4) is 0 Å². The van der Waals surface area contributed by atoms with E-state index >= 15 is 0 Å². The lowest BCUT2D eigenvalue weighted by Gasteiger charge is -2.30. The number of likely N-dealkylation sites (tertiary alicyclic amines) is 1. The lowest BCUT2D eigenvalue weighted by molar-refractivity contribution is -0.121. The Labute approximate surface area is 148 Å². The SMILES string of the molecule is C[C@H](C(=O)Nc1ncccn1)N1CCC[C@H]1c1cccc(N(C)C)c1. The Balaban J connectivity index is 1.74. The molecule has 0 spiro atoms. The Hall–Kier alpha value is -2.47. The van der Waals surface area contributed by atoms with E-state index in [2.05, 4.69) is 49.4 Å². The molecule has 6 nitrogen and oxygen atoms in total. The van der Waals surface area contributed by atoms with Gasteiger partial charge in [0.15, 0.2) is 0 Å². The van der Waals surface area contributed by atoms with E-state index in [4.69, 9.17) is 0 Å². The standard InChI is InChI=1S/C19H25N5O/c1-14(18(25)22-19-20-10-6-11-21-19)24-12-5-9-17(24)15-7-4-8-16(13-15)23(2)3/h4,6-8,10-11,13-14,17H,5,9,12H2,1-3H3,(H,20,21,22,25)/t14-,17+/m1/s1. The number of rotatable bonds is 5. The Kier molecular flexibility index (Phi) is 5.28. The molecule has 1 aromatic carbocycles. The van der Waals surface area contributed by atoms with Gasteiger partial charge in [0.1, 0.15) is 0 Å². The van der Waals surface area contributed by atoms with Gasteiger partial charge in [-0.15, -0.1) is 0 Å². The van der Waals surface area contributed by atoms with Crippen molar-refractivity contribution in [1.82, 2.24) is 14.9 Å². The van der Waals surface area contributed by atoms with Gasteiger partial charge >= 0.3 is 0 Å². The summed E-state index contributed by atoms with van der Waals surface area (Å²) in [5.74, 6) is 0.284. The molecule has 0 saturated carbocycles. The lowest BCUT2D eigenvalue weighted by Crippen LogP contribution is -2.41. The molecule has 1 aromatic heterocycles. The van der Waals surface area contributed by atoms with Crippen molar-refractivity contribution in [3.63, 3.8) is 0 Å². The summed E-state index contributed by atoms with van der Waals surface area (Å²) in [6.07, 6.45) is 5.41. The number of nitrogens with one attached hydrogen (secondary N) is 1. The molecular weight excluding hydrogens is 314 g/mol. The van der Waals surface area contributed by atoms with Gasteiger partial charge in [-0.05, 0) is 50.1 Å². The normalized spacial score (nSPS) is 18.8. The van der Waals surface area contributed by atoms with Crippen LogP contribution in [0.15, 0.2) is 42.7 Å². The summed E-state index contributed by atoms with van der Waals surface area (Å²) in [7, 11) is 4.09. The quantitative estimate of drug-likeness (QED) is 0.907. The molecule has 0 bridgehead atoms. The number of hydrogen-bond acceptors (Lipinski definition) is 5. The summed E-state index contributed by atoms with van der Waals surface area (Å²) in [4.78, 5) is 25.1. The van der Waals surface area contributed by atoms with Crippen LogP contribution in [0.2, 0.25) is 0 Å². The average molecular weight is 339 g/mol. The molecule has 1 aliphatic heterocycles. The first kappa shape index (κ1) is 17.4. The Morgan fingerprint density at radius 2 is 2.04 bits per heavy atom. The highest BCUT2D eigenvalue weighted by atomic mass is 16.2. The van der Waals surface area contributed by atoms with Gasteiger partial charge in [0.05, 0.1) is 6.04 Å². The second-order valence-electron chi connectivity index (χ2n) is 6.62. The molecule has 6 heteroatoms. The topological polar surface area (TPSA) is 61.4 Å². The molecular formula is C19H25N5O. The second kappa shape index (κ2) is 7.61. The third-order valence-corrected chi connectivity index (χ3v) is 4.74. The van der Waals surface area contributed by atoms with Gasteiger partial charge in [0.25, 0.3) is 0 Å². The number of carbonyl (C=O) groups excluding carboxylic acids is 1. The number of aromatic nitrogens is 2. The molecule has 0 radical (unpaired) electrons. The maximum absolute atomic E-state index is 12.6. The van der Waals surface area contributed by atoms with E-state index in [1.54, 1.807) is 18.5 Å². The highest BCUT2D eigenvalue weighted by Gasteiger charge is 2.33. The fraction of sp³-hybridized carbons (Fsp3) is 0.421. The molecule has 1 aliphatic rings. The van der Waals surface area contributed by atoms with Crippen LogP contribution in [0.1, 0.15) is 31.4 Å². The van der Waals surface area contributed by atoms with E-state index in [0.717, 1.165) is 19.4 Å². The summed E-state index contributed by atoms with van der Waals surface area (Å²) in [5, 5.41) is 2.81. The molecule has 1 saturated heterocycles. The number of anilines is 2. The van der Waals surface area contributed by atoms with Gasteiger partial charge in [-0.1, -0.05) is 12.1 Å². The molecule has 1 amide bonds. The maximum Gasteiger partial charge on any atom is 0.243 e. The highest BCUT2D eigenvalue weighted by molar-refractivity contribution is 5.93. The van der Waals surface area contributed by atoms with Crippen LogP contribution in [0.3, 0.4) is 0 Å². The van der Waals surface area contributed by atoms with E-state index in [1.165, 1.54) is 11.3 Å². The van der Waals surface area contributed by atoms with Gasteiger partial charge in [-0.3, -0.25) is 15.0 Å². The fourth-order valence-electron chi connectivity index (χ4n) is 3.35. The molecule has 2 aromatic rings. The number of nitrogens with zero attached hydrogens (tertiary/aromatic N) is 4. The van der Waals surface area contributed by atoms with Crippen molar-refractivity contribution in [2.24, 2.45) is 0 Å². The second-order valence-corrected chi connectivity index (χ2v) is 6.62. The molecule has 1 fully saturated rings. The van der Waals surface area contributed by atoms with Crippen LogP contribution in [-0.4, -0.2) is 47.5 Å². The van der Waals surface area contributed by atoms with E-state index in [1.807, 2.05) is 21.0 Å². The molecule has 1 N–H and O–H groups in total. The summed E-state index contributed by atoms with van der Waals surface area (Å²) in [6, 6.07) is 10.3. The largest absolute Gasteiger partial charge is 0.378 e. The molecule has 25 heavy (non-hydrogen) atoms. The monoisotopic (exact) mass is 339 g/mol. The van der Waals surface area contributed by atoms with Crippen LogP contribution in [0.25, 0.3) is 0 Å². The van der Waals surface area contributed by atoms with Crippen LogP contribution in [0, 0.1) is 0 Å². The van der Waals surface area contributed by atoms with Crippen LogP contribution >= 0.6 is 0 Å². The Bertz CT molecular complexity index is 719. The smallest absolute Gasteiger partial charge is 0.243 e. The number of benzene rings is 1. The van der Waals surface area contributed by atoms with Gasteiger partial charge in [0, 0.05) is 38.2 Å². The van der Waals surface area contributed by atoms with Crippen LogP contribution in [0.4, 0.5) is 11.6 Å². The first-order chi connectivity index (χ1) is 12.1. The van der Waals surface area contributed by atoms with Crippen LogP contribution in [-0.2, 0) is 4.79 Å². The van der Waals surface area contributed by atoms with Crippen LogP contribution in [0.5, 0.6) is 0 Å². The minimum atomic E-state index is -0.237. The molecule has 0 aliphatic carbocycles. The Morgan fingerprint density at radius 1 is 1.28 bits per heavy atom. The molecule has 2 heterocycles. The first-order valence-corrected chi connectivity index (χ1v) is 8.67. The molecule has 0 unspecified atom stereocenters. The zero-order valence-electron chi connectivity index (χ0n) is 15.0. The first-order valence-electron chi connectivity index (χ1n) is 8.67.